The van der Waals surface area contributed by atoms with Gasteiger partial charge in [-0.25, -0.2) is 0 Å². The molecule has 9 heavy (non-hydrogen) atoms. The molecule has 1 aliphatic heterocycles. The fourth-order valence-corrected chi connectivity index (χ4v) is 1.05. The molecular formula is C6H16N2O. The van der Waals surface area contributed by atoms with E-state index in [9.17, 15) is 0 Å². The Morgan fingerprint density at radius 1 is 1.33 bits per heavy atom. The molecule has 5 N–H and O–H groups in total. The number of nitrogens with one attached hydrogen (secondary N) is 1. The van der Waals surface area contributed by atoms with E-state index in [0.29, 0.717) is 6.04 Å². The van der Waals surface area contributed by atoms with Crippen LogP contribution in [0.1, 0.15) is 19.3 Å². The molecule has 0 aliphatic carbocycles. The molecule has 0 spiro atoms. The van der Waals surface area contributed by atoms with Gasteiger partial charge < -0.3 is 16.5 Å². The van der Waals surface area contributed by atoms with Gasteiger partial charge in [-0.2, -0.15) is 0 Å². The van der Waals surface area contributed by atoms with Gasteiger partial charge in [0.05, 0.1) is 0 Å². The predicted molar refractivity (Wildman–Crippen MR) is 38.3 cm³/mol. The third-order valence-corrected chi connectivity index (χ3v) is 1.58. The van der Waals surface area contributed by atoms with Crippen LogP contribution in [0.25, 0.3) is 0 Å². The van der Waals surface area contributed by atoms with Gasteiger partial charge in [0, 0.05) is 12.6 Å². The maximum Gasteiger partial charge on any atom is 0.0165 e. The molecule has 56 valence electrons. The Balaban J connectivity index is 0.000000640. The Bertz CT molecular complexity index is 60.1. The number of hydrogen-bond donors (Lipinski definition) is 2. The molecule has 1 rings (SSSR count). The van der Waals surface area contributed by atoms with Crippen molar-refractivity contribution in [3.05, 3.63) is 0 Å². The molecule has 1 aliphatic rings. The lowest BCUT2D eigenvalue weighted by Gasteiger charge is -2.04. The molecule has 0 aromatic carbocycles. The van der Waals surface area contributed by atoms with Crippen molar-refractivity contribution in [2.45, 2.75) is 25.3 Å². The van der Waals surface area contributed by atoms with Gasteiger partial charge in [-0.05, 0) is 19.4 Å². The van der Waals surface area contributed by atoms with Crippen molar-refractivity contribution in [3.8, 4) is 0 Å². The van der Waals surface area contributed by atoms with E-state index in [1.807, 2.05) is 0 Å². The summed E-state index contributed by atoms with van der Waals surface area (Å²) in [6.45, 7) is 2.17. The quantitative estimate of drug-likeness (QED) is 0.456. The second kappa shape index (κ2) is 4.73. The van der Waals surface area contributed by atoms with Crippen LogP contribution in [0.4, 0.5) is 0 Å². The fraction of sp³-hybridized carbons (Fsp3) is 1.00. The van der Waals surface area contributed by atoms with Crippen molar-refractivity contribution < 1.29 is 5.48 Å². The predicted octanol–water partition coefficient (Wildman–Crippen LogP) is -0.738. The largest absolute Gasteiger partial charge is 0.412 e. The van der Waals surface area contributed by atoms with E-state index < -0.39 is 0 Å². The Labute approximate surface area is 55.9 Å². The standard InChI is InChI=1S/C6H14N2.H2O/c7-6-3-1-2-4-8-5-6;/h6,8H,1-5,7H2;1H2. The number of nitrogens with two attached hydrogens (primary N) is 1. The summed E-state index contributed by atoms with van der Waals surface area (Å²) >= 11 is 0. The third-order valence-electron chi connectivity index (χ3n) is 1.58. The van der Waals surface area contributed by atoms with Gasteiger partial charge in [-0.1, -0.05) is 6.42 Å². The van der Waals surface area contributed by atoms with Crippen LogP contribution in [0.15, 0.2) is 0 Å². The van der Waals surface area contributed by atoms with E-state index in [1.165, 1.54) is 19.3 Å². The van der Waals surface area contributed by atoms with Crippen molar-refractivity contribution in [1.82, 2.24) is 5.32 Å². The molecular weight excluding hydrogens is 116 g/mol. The van der Waals surface area contributed by atoms with Gasteiger partial charge in [0.1, 0.15) is 0 Å². The van der Waals surface area contributed by atoms with E-state index in [1.54, 1.807) is 0 Å². The molecule has 1 heterocycles. The SMILES string of the molecule is NC1CCCCNC1.O. The van der Waals surface area contributed by atoms with Crippen molar-refractivity contribution in [2.75, 3.05) is 13.1 Å². The summed E-state index contributed by atoms with van der Waals surface area (Å²) in [6, 6.07) is 0.414. The molecule has 0 bridgehead atoms. The van der Waals surface area contributed by atoms with Crippen molar-refractivity contribution in [3.63, 3.8) is 0 Å². The summed E-state index contributed by atoms with van der Waals surface area (Å²) in [4.78, 5) is 0. The smallest absolute Gasteiger partial charge is 0.0165 e. The average Bonchev–Trinajstić information content (AvgIpc) is 1.94. The first-order chi connectivity index (χ1) is 3.89. The first kappa shape index (κ1) is 8.88. The summed E-state index contributed by atoms with van der Waals surface area (Å²) in [5, 5.41) is 3.27. The van der Waals surface area contributed by atoms with Crippen LogP contribution in [0.5, 0.6) is 0 Å². The topological polar surface area (TPSA) is 69.5 Å². The van der Waals surface area contributed by atoms with Crippen molar-refractivity contribution >= 4 is 0 Å². The third kappa shape index (κ3) is 3.46. The molecule has 3 heteroatoms. The van der Waals surface area contributed by atoms with Crippen LogP contribution in [-0.4, -0.2) is 24.6 Å². The van der Waals surface area contributed by atoms with Gasteiger partial charge in [0.25, 0.3) is 0 Å². The zero-order chi connectivity index (χ0) is 5.82. The highest BCUT2D eigenvalue weighted by molar-refractivity contribution is 4.68. The van der Waals surface area contributed by atoms with Crippen LogP contribution in [-0.2, 0) is 0 Å². The zero-order valence-corrected chi connectivity index (χ0v) is 5.69. The molecule has 0 radical (unpaired) electrons. The summed E-state index contributed by atoms with van der Waals surface area (Å²) in [7, 11) is 0. The minimum Gasteiger partial charge on any atom is -0.412 e. The first-order valence-electron chi connectivity index (χ1n) is 3.36. The van der Waals surface area contributed by atoms with Crippen LogP contribution in [0.2, 0.25) is 0 Å². The summed E-state index contributed by atoms with van der Waals surface area (Å²) in [6.07, 6.45) is 3.80. The molecule has 3 nitrogen and oxygen atoms in total. The first-order valence-corrected chi connectivity index (χ1v) is 3.36. The molecule has 0 aromatic heterocycles. The maximum atomic E-state index is 5.67. The Kier molecular flexibility index (Phi) is 4.67. The Morgan fingerprint density at radius 3 is 2.89 bits per heavy atom. The minimum absolute atomic E-state index is 0. The maximum absolute atomic E-state index is 5.67. The zero-order valence-electron chi connectivity index (χ0n) is 5.69. The molecule has 1 fully saturated rings. The monoisotopic (exact) mass is 132 g/mol. The van der Waals surface area contributed by atoms with Crippen LogP contribution >= 0.6 is 0 Å². The van der Waals surface area contributed by atoms with Gasteiger partial charge in [0.2, 0.25) is 0 Å². The highest BCUT2D eigenvalue weighted by Gasteiger charge is 2.04. The van der Waals surface area contributed by atoms with Crippen molar-refractivity contribution in [1.29, 1.82) is 0 Å². The molecule has 0 amide bonds. The lowest BCUT2D eigenvalue weighted by molar-refractivity contribution is 0.600. The van der Waals surface area contributed by atoms with E-state index in [2.05, 4.69) is 5.32 Å². The summed E-state index contributed by atoms with van der Waals surface area (Å²) < 4.78 is 0. The molecule has 0 aromatic rings. The summed E-state index contributed by atoms with van der Waals surface area (Å²) in [5.74, 6) is 0. The number of hydrogen-bond acceptors (Lipinski definition) is 2. The Morgan fingerprint density at radius 2 is 2.11 bits per heavy atom. The molecule has 1 unspecified atom stereocenters. The highest BCUT2D eigenvalue weighted by Crippen LogP contribution is 2.00. The lowest BCUT2D eigenvalue weighted by Crippen LogP contribution is -2.31. The van der Waals surface area contributed by atoms with E-state index in [0.717, 1.165) is 13.1 Å². The van der Waals surface area contributed by atoms with E-state index >= 15 is 0 Å². The number of rotatable bonds is 0. The highest BCUT2D eigenvalue weighted by atomic mass is 16.0. The summed E-state index contributed by atoms with van der Waals surface area (Å²) in [5.41, 5.74) is 5.67. The molecule has 1 saturated heterocycles. The van der Waals surface area contributed by atoms with Gasteiger partial charge in [-0.15, -0.1) is 0 Å². The van der Waals surface area contributed by atoms with Gasteiger partial charge in [0.15, 0.2) is 0 Å². The van der Waals surface area contributed by atoms with Crippen LogP contribution in [0, 0.1) is 0 Å². The van der Waals surface area contributed by atoms with Gasteiger partial charge in [-0.3, -0.25) is 0 Å². The van der Waals surface area contributed by atoms with Crippen LogP contribution in [0.3, 0.4) is 0 Å². The second-order valence-corrected chi connectivity index (χ2v) is 2.46. The van der Waals surface area contributed by atoms with Crippen LogP contribution < -0.4 is 11.1 Å². The molecule has 0 saturated carbocycles. The molecule has 1 atom stereocenters. The van der Waals surface area contributed by atoms with E-state index in [4.69, 9.17) is 5.73 Å². The fourth-order valence-electron chi connectivity index (χ4n) is 1.05. The Hall–Kier alpha value is -0.120. The normalized spacial score (nSPS) is 28.3. The van der Waals surface area contributed by atoms with E-state index in [-0.39, 0.29) is 5.48 Å². The van der Waals surface area contributed by atoms with Crippen molar-refractivity contribution in [2.24, 2.45) is 5.73 Å². The lowest BCUT2D eigenvalue weighted by atomic mass is 10.2. The minimum atomic E-state index is 0. The second-order valence-electron chi connectivity index (χ2n) is 2.46. The van der Waals surface area contributed by atoms with Gasteiger partial charge >= 0.3 is 0 Å². The average molecular weight is 132 g/mol.